The largest absolute Gasteiger partial charge is 1.00 e. The van der Waals surface area contributed by atoms with Crippen LogP contribution < -0.4 is 29.6 Å². The molecule has 17 heavy (non-hydrogen) atoms. The Bertz CT molecular complexity index is 331. The zero-order valence-electron chi connectivity index (χ0n) is 9.38. The molecular weight excluding hydrogens is 267 g/mol. The number of methoxy groups -OCH3 is 1. The van der Waals surface area contributed by atoms with Crippen molar-refractivity contribution in [3.05, 3.63) is 0 Å². The molecule has 0 aromatic carbocycles. The Labute approximate surface area is 121 Å². The van der Waals surface area contributed by atoms with Gasteiger partial charge in [-0.1, -0.05) is 0 Å². The summed E-state index contributed by atoms with van der Waals surface area (Å²) in [4.78, 5) is 0. The summed E-state index contributed by atoms with van der Waals surface area (Å²) in [5.41, 5.74) is 0. The third kappa shape index (κ3) is 4.71. The van der Waals surface area contributed by atoms with Crippen molar-refractivity contribution in [1.29, 1.82) is 0 Å². The molecule has 0 unspecified atom stereocenters. The van der Waals surface area contributed by atoms with Crippen LogP contribution in [0, 0.1) is 0 Å². The smallest absolute Gasteiger partial charge is 0.748 e. The van der Waals surface area contributed by atoms with Crippen molar-refractivity contribution in [2.24, 2.45) is 0 Å². The van der Waals surface area contributed by atoms with Crippen molar-refractivity contribution < 1.29 is 67.3 Å². The molecule has 1 fully saturated rings. The Morgan fingerprint density at radius 2 is 1.76 bits per heavy atom. The number of aliphatic hydroxyl groups is 3. The Morgan fingerprint density at radius 1 is 1.24 bits per heavy atom. The summed E-state index contributed by atoms with van der Waals surface area (Å²) in [6.45, 7) is 0. The second kappa shape index (κ2) is 6.75. The van der Waals surface area contributed by atoms with Crippen LogP contribution in [0.5, 0.6) is 0 Å². The van der Waals surface area contributed by atoms with Crippen LogP contribution in [-0.4, -0.2) is 71.9 Å². The van der Waals surface area contributed by atoms with Crippen LogP contribution in [0.15, 0.2) is 0 Å². The zero-order valence-corrected chi connectivity index (χ0v) is 12.2. The first-order valence-corrected chi connectivity index (χ1v) is 6.00. The minimum absolute atomic E-state index is 0. The van der Waals surface area contributed by atoms with Crippen molar-refractivity contribution in [1.82, 2.24) is 0 Å². The van der Waals surface area contributed by atoms with Gasteiger partial charge in [-0.3, -0.25) is 0 Å². The summed E-state index contributed by atoms with van der Waals surface area (Å²) < 4.78 is 41.0. The van der Waals surface area contributed by atoms with Gasteiger partial charge >= 0.3 is 29.6 Å². The van der Waals surface area contributed by atoms with Gasteiger partial charge in [0.2, 0.25) is 0 Å². The molecule has 0 amide bonds. The van der Waals surface area contributed by atoms with Crippen molar-refractivity contribution in [3.63, 3.8) is 0 Å². The molecule has 96 valence electrons. The molecule has 0 saturated carbocycles. The fourth-order valence-electron chi connectivity index (χ4n) is 1.45. The van der Waals surface area contributed by atoms with Crippen LogP contribution in [0.3, 0.4) is 0 Å². The number of ether oxygens (including phenoxy) is 2. The summed E-state index contributed by atoms with van der Waals surface area (Å²) in [5, 5.41) is 28.1. The first kappa shape index (κ1) is 17.7. The number of hydrogen-bond donors (Lipinski definition) is 3. The van der Waals surface area contributed by atoms with Gasteiger partial charge in [-0.15, -0.1) is 0 Å². The number of aliphatic hydroxyl groups excluding tert-OH is 3. The molecule has 3 N–H and O–H groups in total. The maximum atomic E-state index is 10.5. The van der Waals surface area contributed by atoms with Gasteiger partial charge in [-0.25, -0.2) is 8.42 Å². The van der Waals surface area contributed by atoms with E-state index in [0.717, 1.165) is 0 Å². The summed E-state index contributed by atoms with van der Waals surface area (Å²) in [7, 11) is -3.44. The molecule has 0 spiro atoms. The Morgan fingerprint density at radius 3 is 2.18 bits per heavy atom. The van der Waals surface area contributed by atoms with Crippen LogP contribution in [0.4, 0.5) is 0 Å². The maximum absolute atomic E-state index is 10.5. The molecule has 0 bridgehead atoms. The van der Waals surface area contributed by atoms with Gasteiger partial charge in [-0.05, 0) is 0 Å². The molecule has 1 aliphatic heterocycles. The normalized spacial score (nSPS) is 38.5. The van der Waals surface area contributed by atoms with E-state index in [1.165, 1.54) is 7.11 Å². The molecule has 1 aliphatic rings. The van der Waals surface area contributed by atoms with Gasteiger partial charge in [0.25, 0.3) is 0 Å². The molecule has 0 aliphatic carbocycles. The molecule has 0 aromatic rings. The first-order valence-electron chi connectivity index (χ1n) is 4.42. The van der Waals surface area contributed by atoms with E-state index in [-0.39, 0.29) is 29.6 Å². The van der Waals surface area contributed by atoms with Crippen LogP contribution in [0.25, 0.3) is 0 Å². The Balaban J connectivity index is 0.00000256. The summed E-state index contributed by atoms with van der Waals surface area (Å²) >= 11 is 0. The van der Waals surface area contributed by atoms with Crippen LogP contribution in [0.1, 0.15) is 0 Å². The molecule has 1 saturated heterocycles. The third-order valence-electron chi connectivity index (χ3n) is 2.27. The molecule has 1 heterocycles. The van der Waals surface area contributed by atoms with E-state index >= 15 is 0 Å². The molecule has 5 atom stereocenters. The van der Waals surface area contributed by atoms with Crippen molar-refractivity contribution in [2.75, 3.05) is 12.9 Å². The van der Waals surface area contributed by atoms with Crippen molar-refractivity contribution >= 4 is 10.1 Å². The van der Waals surface area contributed by atoms with Gasteiger partial charge in [0.15, 0.2) is 6.29 Å². The monoisotopic (exact) mass is 280 g/mol. The number of rotatable bonds is 3. The van der Waals surface area contributed by atoms with Crippen LogP contribution in [-0.2, 0) is 19.6 Å². The molecule has 1 rings (SSSR count). The fourth-order valence-corrected chi connectivity index (χ4v) is 2.13. The van der Waals surface area contributed by atoms with Crippen LogP contribution in [0.2, 0.25) is 0 Å². The van der Waals surface area contributed by atoms with E-state index in [1.54, 1.807) is 0 Å². The minimum atomic E-state index is -4.61. The first-order chi connectivity index (χ1) is 7.26. The minimum Gasteiger partial charge on any atom is -0.748 e. The molecule has 10 heteroatoms. The van der Waals surface area contributed by atoms with Gasteiger partial charge in [-0.2, -0.15) is 0 Å². The Hall–Kier alpha value is 0.710. The average molecular weight is 280 g/mol. The van der Waals surface area contributed by atoms with E-state index in [0.29, 0.717) is 0 Å². The maximum Gasteiger partial charge on any atom is 1.00 e. The summed E-state index contributed by atoms with van der Waals surface area (Å²) in [5.74, 6) is -1.00. The topological polar surface area (TPSA) is 136 Å². The standard InChI is InChI=1S/C7H14O8S.Na/c1-14-7-6(10)5(9)4(8)3(15-7)2-16(11,12)13;/h3-10H,2H2,1H3,(H,11,12,13);/q;+1/p-1/t3-,4+,5+,6-,7+;/m1./s1. The predicted molar refractivity (Wildman–Crippen MR) is 48.3 cm³/mol. The second-order valence-corrected chi connectivity index (χ2v) is 4.92. The van der Waals surface area contributed by atoms with E-state index < -0.39 is 46.6 Å². The number of hydrogen-bond acceptors (Lipinski definition) is 8. The SMILES string of the molecule is CO[C@H]1O[C@H](CS(=O)(=O)[O-])[C@H](O)[C@H](O)[C@H]1O.[Na+]. The van der Waals surface area contributed by atoms with Crippen LogP contribution >= 0.6 is 0 Å². The second-order valence-electron chi connectivity index (χ2n) is 3.47. The van der Waals surface area contributed by atoms with E-state index in [2.05, 4.69) is 4.74 Å². The van der Waals surface area contributed by atoms with Gasteiger partial charge in [0.05, 0.1) is 15.9 Å². The average Bonchev–Trinajstić information content (AvgIpc) is 2.17. The molecule has 0 radical (unpaired) electrons. The molecule has 0 aromatic heterocycles. The quantitative estimate of drug-likeness (QED) is 0.343. The fraction of sp³-hybridized carbons (Fsp3) is 1.00. The van der Waals surface area contributed by atoms with E-state index in [4.69, 9.17) is 4.74 Å². The molecular formula is C7H13NaO8S. The zero-order chi connectivity index (χ0) is 12.5. The van der Waals surface area contributed by atoms with Crippen molar-refractivity contribution in [2.45, 2.75) is 30.7 Å². The Kier molecular flexibility index (Phi) is 7.04. The van der Waals surface area contributed by atoms with Gasteiger partial charge in [0.1, 0.15) is 24.4 Å². The van der Waals surface area contributed by atoms with Gasteiger partial charge in [0, 0.05) is 7.11 Å². The summed E-state index contributed by atoms with van der Waals surface area (Å²) in [6, 6.07) is 0. The van der Waals surface area contributed by atoms with E-state index in [1.807, 2.05) is 0 Å². The van der Waals surface area contributed by atoms with E-state index in [9.17, 15) is 28.3 Å². The van der Waals surface area contributed by atoms with Crippen molar-refractivity contribution in [3.8, 4) is 0 Å². The summed E-state index contributed by atoms with van der Waals surface area (Å²) in [6.07, 6.45) is -7.52. The third-order valence-corrected chi connectivity index (χ3v) is 3.01. The van der Waals surface area contributed by atoms with Gasteiger partial charge < -0.3 is 29.3 Å². The molecule has 8 nitrogen and oxygen atoms in total. The predicted octanol–water partition coefficient (Wildman–Crippen LogP) is -6.01.